The highest BCUT2D eigenvalue weighted by Crippen LogP contribution is 2.35. The first-order valence-corrected chi connectivity index (χ1v) is 13.6. The number of aromatic nitrogens is 2. The molecular formula is C21H25N4O3PS. The Morgan fingerprint density at radius 2 is 1.50 bits per heavy atom. The second kappa shape index (κ2) is 8.58. The average molecular weight is 444 g/mol. The fraction of sp³-hybridized carbons (Fsp3) is 0.238. The molecule has 2 N–H and O–H groups in total. The molecule has 0 atom stereocenters. The normalized spacial score (nSPS) is 12.0. The Kier molecular flexibility index (Phi) is 6.29. The molecule has 0 amide bonds. The maximum absolute atomic E-state index is 12.6. The summed E-state index contributed by atoms with van der Waals surface area (Å²) in [6.45, 7) is 6.77. The highest BCUT2D eigenvalue weighted by Gasteiger charge is 2.22. The van der Waals surface area contributed by atoms with Gasteiger partial charge in [0.15, 0.2) is 9.84 Å². The lowest BCUT2D eigenvalue weighted by atomic mass is 10.3. The average Bonchev–Trinajstić information content (AvgIpc) is 2.68. The van der Waals surface area contributed by atoms with Gasteiger partial charge < -0.3 is 15.2 Å². The van der Waals surface area contributed by atoms with Crippen LogP contribution < -0.4 is 15.9 Å². The predicted molar refractivity (Wildman–Crippen MR) is 123 cm³/mol. The highest BCUT2D eigenvalue weighted by atomic mass is 32.2. The van der Waals surface area contributed by atoms with Crippen molar-refractivity contribution in [3.63, 3.8) is 0 Å². The Morgan fingerprint density at radius 3 is 2.10 bits per heavy atom. The molecule has 3 rings (SSSR count). The van der Waals surface area contributed by atoms with E-state index in [4.69, 9.17) is 0 Å². The summed E-state index contributed by atoms with van der Waals surface area (Å²) in [6.07, 6.45) is 1.39. The van der Waals surface area contributed by atoms with Crippen LogP contribution >= 0.6 is 7.14 Å². The van der Waals surface area contributed by atoms with E-state index in [1.807, 2.05) is 24.3 Å². The Labute approximate surface area is 177 Å². The number of sulfone groups is 1. The molecule has 0 bridgehead atoms. The van der Waals surface area contributed by atoms with Crippen LogP contribution in [-0.2, 0) is 14.4 Å². The minimum atomic E-state index is -3.45. The number of para-hydroxylation sites is 1. The fourth-order valence-corrected chi connectivity index (χ4v) is 4.82. The first kappa shape index (κ1) is 22.0. The first-order valence-electron chi connectivity index (χ1n) is 9.42. The maximum Gasteiger partial charge on any atom is 0.182 e. The topological polar surface area (TPSA) is 101 Å². The van der Waals surface area contributed by atoms with E-state index in [-0.39, 0.29) is 4.90 Å². The molecule has 0 fully saturated rings. The van der Waals surface area contributed by atoms with Crippen LogP contribution in [0, 0.1) is 0 Å². The summed E-state index contributed by atoms with van der Waals surface area (Å²) in [5, 5.41) is 6.53. The van der Waals surface area contributed by atoms with Crippen LogP contribution in [0.4, 0.5) is 23.0 Å². The van der Waals surface area contributed by atoms with Crippen molar-refractivity contribution >= 4 is 45.3 Å². The molecule has 2 aromatic carbocycles. The summed E-state index contributed by atoms with van der Waals surface area (Å²) in [5.41, 5.74) is 1.25. The molecule has 0 aliphatic carbocycles. The largest absolute Gasteiger partial charge is 0.340 e. The van der Waals surface area contributed by atoms with Crippen LogP contribution in [0.3, 0.4) is 0 Å². The van der Waals surface area contributed by atoms with E-state index in [1.165, 1.54) is 6.33 Å². The predicted octanol–water partition coefficient (Wildman–Crippen LogP) is 4.39. The molecule has 30 heavy (non-hydrogen) atoms. The molecule has 0 saturated heterocycles. The Balaban J connectivity index is 1.83. The zero-order valence-electron chi connectivity index (χ0n) is 17.3. The van der Waals surface area contributed by atoms with Crippen molar-refractivity contribution < 1.29 is 13.0 Å². The zero-order chi connectivity index (χ0) is 21.9. The molecule has 3 aromatic rings. The van der Waals surface area contributed by atoms with Gasteiger partial charge in [-0.25, -0.2) is 18.4 Å². The van der Waals surface area contributed by atoms with Gasteiger partial charge in [-0.15, -0.1) is 0 Å². The Hall–Kier alpha value is -2.70. The lowest BCUT2D eigenvalue weighted by Gasteiger charge is -2.14. The SMILES string of the molecule is CC(C)S(=O)(=O)c1ccccc1Nc1cc(Nc2ccc(P(C)(C)=O)cc2)ncn1. The van der Waals surface area contributed by atoms with E-state index in [0.29, 0.717) is 17.3 Å². The van der Waals surface area contributed by atoms with Gasteiger partial charge in [0.25, 0.3) is 0 Å². The Morgan fingerprint density at radius 1 is 0.900 bits per heavy atom. The smallest absolute Gasteiger partial charge is 0.182 e. The van der Waals surface area contributed by atoms with Crippen molar-refractivity contribution in [1.29, 1.82) is 0 Å². The van der Waals surface area contributed by atoms with Crippen LogP contribution in [0.25, 0.3) is 0 Å². The molecule has 1 aromatic heterocycles. The molecule has 0 unspecified atom stereocenters. The second-order valence-electron chi connectivity index (χ2n) is 7.53. The summed E-state index contributed by atoms with van der Waals surface area (Å²) in [5.74, 6) is 1.00. The maximum atomic E-state index is 12.6. The van der Waals surface area contributed by atoms with Gasteiger partial charge in [0, 0.05) is 17.1 Å². The number of nitrogens with zero attached hydrogens (tertiary/aromatic N) is 2. The molecule has 0 saturated carbocycles. The molecule has 0 radical (unpaired) electrons. The van der Waals surface area contributed by atoms with Gasteiger partial charge in [0.05, 0.1) is 15.8 Å². The van der Waals surface area contributed by atoms with E-state index < -0.39 is 22.2 Å². The van der Waals surface area contributed by atoms with Gasteiger partial charge in [-0.2, -0.15) is 0 Å². The Bertz CT molecular complexity index is 1190. The number of anilines is 4. The van der Waals surface area contributed by atoms with Gasteiger partial charge in [-0.3, -0.25) is 0 Å². The zero-order valence-corrected chi connectivity index (χ0v) is 19.0. The molecule has 158 valence electrons. The summed E-state index contributed by atoms with van der Waals surface area (Å²) < 4.78 is 37.4. The van der Waals surface area contributed by atoms with E-state index in [0.717, 1.165) is 11.0 Å². The van der Waals surface area contributed by atoms with Crippen molar-refractivity contribution in [2.45, 2.75) is 24.0 Å². The van der Waals surface area contributed by atoms with Gasteiger partial charge in [-0.05, 0) is 63.6 Å². The van der Waals surface area contributed by atoms with Crippen molar-refractivity contribution in [1.82, 2.24) is 9.97 Å². The van der Waals surface area contributed by atoms with E-state index in [2.05, 4.69) is 20.6 Å². The summed E-state index contributed by atoms with van der Waals surface area (Å²) in [6, 6.07) is 15.8. The number of rotatable bonds is 7. The standard InChI is InChI=1S/C21H25N4O3PS/c1-15(2)30(27,28)19-8-6-5-7-18(19)25-21-13-20(22-14-23-21)24-16-9-11-17(12-10-16)29(3,4)26/h5-15H,1-4H3,(H2,22,23,24,25). The number of hydrogen-bond donors (Lipinski definition) is 2. The summed E-state index contributed by atoms with van der Waals surface area (Å²) in [7, 11) is -5.75. The fourth-order valence-electron chi connectivity index (χ4n) is 2.76. The van der Waals surface area contributed by atoms with Gasteiger partial charge in [-0.1, -0.05) is 12.1 Å². The number of hydrogen-bond acceptors (Lipinski definition) is 7. The van der Waals surface area contributed by atoms with E-state index in [9.17, 15) is 13.0 Å². The van der Waals surface area contributed by atoms with Gasteiger partial charge in [0.2, 0.25) is 0 Å². The van der Waals surface area contributed by atoms with Crippen molar-refractivity contribution in [3.05, 3.63) is 60.9 Å². The minimum absolute atomic E-state index is 0.229. The lowest BCUT2D eigenvalue weighted by Crippen LogP contribution is -2.15. The molecule has 0 aliphatic rings. The van der Waals surface area contributed by atoms with E-state index >= 15 is 0 Å². The van der Waals surface area contributed by atoms with Crippen molar-refractivity contribution in [2.24, 2.45) is 0 Å². The third kappa shape index (κ3) is 5.07. The molecule has 0 aliphatic heterocycles. The second-order valence-corrected chi connectivity index (χ2v) is 13.2. The number of benzene rings is 2. The summed E-state index contributed by atoms with van der Waals surface area (Å²) in [4.78, 5) is 8.64. The highest BCUT2D eigenvalue weighted by molar-refractivity contribution is 7.92. The molecule has 7 nitrogen and oxygen atoms in total. The monoisotopic (exact) mass is 444 g/mol. The third-order valence-electron chi connectivity index (χ3n) is 4.51. The van der Waals surface area contributed by atoms with Crippen LogP contribution in [0.2, 0.25) is 0 Å². The molecule has 1 heterocycles. The molecule has 9 heteroatoms. The van der Waals surface area contributed by atoms with Gasteiger partial charge in [0.1, 0.15) is 25.1 Å². The van der Waals surface area contributed by atoms with Crippen LogP contribution in [0.1, 0.15) is 13.8 Å². The van der Waals surface area contributed by atoms with Crippen molar-refractivity contribution in [3.8, 4) is 0 Å². The first-order chi connectivity index (χ1) is 14.1. The molecular weight excluding hydrogens is 419 g/mol. The quantitative estimate of drug-likeness (QED) is 0.521. The van der Waals surface area contributed by atoms with Crippen LogP contribution in [0.15, 0.2) is 65.8 Å². The van der Waals surface area contributed by atoms with Gasteiger partial charge >= 0.3 is 0 Å². The number of nitrogens with one attached hydrogen (secondary N) is 2. The van der Waals surface area contributed by atoms with Crippen molar-refractivity contribution in [2.75, 3.05) is 24.0 Å². The lowest BCUT2D eigenvalue weighted by molar-refractivity contribution is 0.587. The minimum Gasteiger partial charge on any atom is -0.340 e. The molecule has 0 spiro atoms. The van der Waals surface area contributed by atoms with Crippen LogP contribution in [0.5, 0.6) is 0 Å². The summed E-state index contributed by atoms with van der Waals surface area (Å²) >= 11 is 0. The van der Waals surface area contributed by atoms with E-state index in [1.54, 1.807) is 57.5 Å². The van der Waals surface area contributed by atoms with Crippen LogP contribution in [-0.4, -0.2) is 37.0 Å². The third-order valence-corrected chi connectivity index (χ3v) is 8.26.